The minimum Gasteiger partial charge on any atom is -0.493 e. The summed E-state index contributed by atoms with van der Waals surface area (Å²) in [4.78, 5) is -0.257. The largest absolute Gasteiger partial charge is 0.493 e. The van der Waals surface area contributed by atoms with Crippen LogP contribution in [0.3, 0.4) is 0 Å². The van der Waals surface area contributed by atoms with Gasteiger partial charge in [-0.1, -0.05) is 36.4 Å². The van der Waals surface area contributed by atoms with Gasteiger partial charge in [0.15, 0.2) is 30.8 Å². The molecule has 0 N–H and O–H groups in total. The van der Waals surface area contributed by atoms with E-state index in [2.05, 4.69) is 89.7 Å². The highest BCUT2D eigenvalue weighted by molar-refractivity contribution is 8.34. The molecule has 0 heterocycles. The zero-order valence-electron chi connectivity index (χ0n) is 26.9. The van der Waals surface area contributed by atoms with Gasteiger partial charge in [-0.25, -0.2) is 10.0 Å². The summed E-state index contributed by atoms with van der Waals surface area (Å²) in [5, 5.41) is 0. The first kappa shape index (κ1) is 35.0. The summed E-state index contributed by atoms with van der Waals surface area (Å²) >= 11 is 1.61. The minimum atomic E-state index is -1.06. The van der Waals surface area contributed by atoms with Crippen molar-refractivity contribution in [2.75, 3.05) is 46.7 Å². The monoisotopic (exact) mass is 602 g/mol. The molecule has 0 aliphatic heterocycles. The maximum atomic E-state index is 6.78. The number of rotatable bonds is 18. The molecule has 0 spiro atoms. The number of allylic oxidation sites excluding steroid dienone is 2. The van der Waals surface area contributed by atoms with Crippen LogP contribution in [0, 0.1) is 0 Å². The van der Waals surface area contributed by atoms with Crippen molar-refractivity contribution in [2.45, 2.75) is 62.5 Å². The lowest BCUT2D eigenvalue weighted by atomic mass is 9.97. The topological polar surface area (TPSA) is 46.2 Å². The summed E-state index contributed by atoms with van der Waals surface area (Å²) in [7, 11) is 7.90. The van der Waals surface area contributed by atoms with Crippen LogP contribution in [0.1, 0.15) is 51.2 Å². The molecule has 0 saturated carbocycles. The summed E-state index contributed by atoms with van der Waals surface area (Å²) in [5.41, 5.74) is 2.50. The van der Waals surface area contributed by atoms with Crippen LogP contribution in [0.15, 0.2) is 60.7 Å². The standard InChI is InChI=1S/C33H51BO5S2/c1-10-20-33(21-11-2,22-12-14-26-16-18-28(35-4)30(24-26)37-6)40-39-32(3,34)41(8,9)23-13-15-27-17-19-29(36-5)31(25-27)38-7/h10-11,16-21,24-25H,12-15,22-23,34H2,1-9H3. The normalized spacial score (nSPS) is 15.4. The molecular weight excluding hydrogens is 551 g/mol. The Morgan fingerprint density at radius 3 is 1.66 bits per heavy atom. The molecule has 2 rings (SSSR count). The van der Waals surface area contributed by atoms with E-state index in [0.29, 0.717) is 0 Å². The van der Waals surface area contributed by atoms with Crippen molar-refractivity contribution in [3.63, 3.8) is 0 Å². The van der Waals surface area contributed by atoms with E-state index in [4.69, 9.17) is 23.1 Å². The molecule has 2 aromatic rings. The Morgan fingerprint density at radius 2 is 1.22 bits per heavy atom. The van der Waals surface area contributed by atoms with Gasteiger partial charge in [0, 0.05) is 12.0 Å². The van der Waals surface area contributed by atoms with Gasteiger partial charge in [0.25, 0.3) is 0 Å². The molecular formula is C33H51BO5S2. The van der Waals surface area contributed by atoms with Crippen LogP contribution in [0.4, 0.5) is 0 Å². The molecule has 0 aliphatic carbocycles. The maximum absolute atomic E-state index is 6.78. The lowest BCUT2D eigenvalue weighted by Gasteiger charge is -2.47. The van der Waals surface area contributed by atoms with Gasteiger partial charge in [0.1, 0.15) is 0 Å². The molecule has 1 unspecified atom stereocenters. The Bertz CT molecular complexity index is 1130. The first-order valence-corrected chi connectivity index (χ1v) is 17.6. The average molecular weight is 603 g/mol. The summed E-state index contributed by atoms with van der Waals surface area (Å²) in [6, 6.07) is 12.4. The second-order valence-electron chi connectivity index (χ2n) is 11.1. The Hall–Kier alpha value is -2.16. The van der Waals surface area contributed by atoms with Crippen LogP contribution >= 0.6 is 22.1 Å². The Kier molecular flexibility index (Phi) is 14.1. The van der Waals surface area contributed by atoms with E-state index in [1.54, 1.807) is 40.5 Å². The summed E-state index contributed by atoms with van der Waals surface area (Å²) in [5.74, 6) is 4.20. The minimum absolute atomic E-state index is 0.230. The van der Waals surface area contributed by atoms with Crippen LogP contribution in [0.2, 0.25) is 0 Å². The van der Waals surface area contributed by atoms with Crippen molar-refractivity contribution < 1.29 is 23.1 Å². The molecule has 0 fully saturated rings. The third-order valence-corrected chi connectivity index (χ3v) is 13.1. The van der Waals surface area contributed by atoms with Gasteiger partial charge in [-0.05, 0) is 107 Å². The predicted molar refractivity (Wildman–Crippen MR) is 183 cm³/mol. The van der Waals surface area contributed by atoms with Gasteiger partial charge in [0.05, 0.1) is 38.0 Å². The molecule has 41 heavy (non-hydrogen) atoms. The van der Waals surface area contributed by atoms with Gasteiger partial charge in [0.2, 0.25) is 0 Å². The van der Waals surface area contributed by atoms with Crippen LogP contribution in [0.5, 0.6) is 23.0 Å². The quantitative estimate of drug-likeness (QED) is 0.0995. The first-order valence-electron chi connectivity index (χ1n) is 14.3. The van der Waals surface area contributed by atoms with Gasteiger partial charge in [-0.15, -0.1) is 0 Å². The van der Waals surface area contributed by atoms with Gasteiger partial charge < -0.3 is 23.1 Å². The molecule has 228 valence electrons. The number of ether oxygens (including phenoxy) is 4. The number of hydrogen-bond acceptors (Lipinski definition) is 6. The molecule has 0 bridgehead atoms. The molecule has 0 radical (unpaired) electrons. The molecule has 2 aromatic carbocycles. The predicted octanol–water partition coefficient (Wildman–Crippen LogP) is 7.60. The maximum Gasteiger partial charge on any atom is 0.160 e. The SMILES string of the molecule is BC(C)(OSC(C=CC)(C=CC)CCCc1ccc(OC)c(OC)c1)S(C)(C)CCCc1ccc(OC)c(OC)c1. The van der Waals surface area contributed by atoms with Crippen LogP contribution in [-0.4, -0.2) is 64.1 Å². The fourth-order valence-electron chi connectivity index (χ4n) is 4.68. The second-order valence-corrected chi connectivity index (χ2v) is 16.7. The fraction of sp³-hybridized carbons (Fsp3) is 0.515. The van der Waals surface area contributed by atoms with Crippen LogP contribution < -0.4 is 18.9 Å². The third kappa shape index (κ3) is 9.97. The lowest BCUT2D eigenvalue weighted by molar-refractivity contribution is 0.310. The summed E-state index contributed by atoms with van der Waals surface area (Å²) in [6.45, 7) is 6.43. The number of benzene rings is 2. The van der Waals surface area contributed by atoms with E-state index in [-0.39, 0.29) is 9.58 Å². The molecule has 0 aromatic heterocycles. The average Bonchev–Trinajstić information content (AvgIpc) is 2.96. The van der Waals surface area contributed by atoms with E-state index in [1.807, 2.05) is 12.1 Å². The van der Waals surface area contributed by atoms with E-state index >= 15 is 0 Å². The first-order chi connectivity index (χ1) is 19.5. The Balaban J connectivity index is 2.05. The van der Waals surface area contributed by atoms with Gasteiger partial charge in [-0.2, -0.15) is 0 Å². The van der Waals surface area contributed by atoms with E-state index in [9.17, 15) is 0 Å². The fourth-order valence-corrected chi connectivity index (χ4v) is 7.84. The van der Waals surface area contributed by atoms with Gasteiger partial charge in [-0.3, -0.25) is 0 Å². The molecule has 5 nitrogen and oxygen atoms in total. The molecule has 0 saturated heterocycles. The van der Waals surface area contributed by atoms with Crippen molar-refractivity contribution >= 4 is 29.9 Å². The molecule has 1 atom stereocenters. The number of hydrogen-bond donors (Lipinski definition) is 0. The molecule has 0 aliphatic rings. The van der Waals surface area contributed by atoms with E-state index < -0.39 is 10.0 Å². The van der Waals surface area contributed by atoms with Gasteiger partial charge >= 0.3 is 0 Å². The summed E-state index contributed by atoms with van der Waals surface area (Å²) in [6.07, 6.45) is 18.7. The highest BCUT2D eigenvalue weighted by atomic mass is 32.3. The van der Waals surface area contributed by atoms with Crippen LogP contribution in [-0.2, 0) is 17.0 Å². The highest BCUT2D eigenvalue weighted by Gasteiger charge is 2.37. The van der Waals surface area contributed by atoms with E-state index in [1.165, 1.54) is 11.1 Å². The zero-order valence-corrected chi connectivity index (χ0v) is 28.5. The van der Waals surface area contributed by atoms with Crippen molar-refractivity contribution in [3.05, 3.63) is 71.8 Å². The highest BCUT2D eigenvalue weighted by Crippen LogP contribution is 2.55. The number of methoxy groups -OCH3 is 4. The number of aryl methyl sites for hydroxylation is 2. The zero-order chi connectivity index (χ0) is 30.5. The lowest BCUT2D eigenvalue weighted by Crippen LogP contribution is -2.36. The molecule has 0 amide bonds. The Morgan fingerprint density at radius 1 is 0.756 bits per heavy atom. The van der Waals surface area contributed by atoms with Crippen molar-refractivity contribution in [3.8, 4) is 23.0 Å². The van der Waals surface area contributed by atoms with Crippen molar-refractivity contribution in [1.82, 2.24) is 0 Å². The summed E-state index contributed by atoms with van der Waals surface area (Å²) < 4.78 is 28.3. The van der Waals surface area contributed by atoms with Crippen molar-refractivity contribution in [2.24, 2.45) is 0 Å². The second kappa shape index (κ2) is 16.5. The van der Waals surface area contributed by atoms with Crippen molar-refractivity contribution in [1.29, 1.82) is 0 Å². The van der Waals surface area contributed by atoms with E-state index in [0.717, 1.165) is 60.9 Å². The molecule has 8 heteroatoms. The Labute approximate surface area is 256 Å². The smallest absolute Gasteiger partial charge is 0.160 e. The third-order valence-electron chi connectivity index (χ3n) is 7.67. The van der Waals surface area contributed by atoms with Crippen LogP contribution in [0.25, 0.3) is 0 Å².